The number of aliphatic hydroxyl groups excluding tert-OH is 1. The smallest absolute Gasteiger partial charge is 0.269 e. The van der Waals surface area contributed by atoms with E-state index in [1.807, 2.05) is 12.5 Å². The van der Waals surface area contributed by atoms with Gasteiger partial charge in [-0.05, 0) is 24.7 Å². The average Bonchev–Trinajstić information content (AvgIpc) is 2.86. The van der Waals surface area contributed by atoms with Gasteiger partial charge in [0.15, 0.2) is 10.9 Å². The molecule has 2 aromatic heterocycles. The molecule has 7 nitrogen and oxygen atoms in total. The number of nitrogens with two attached hydrogens (primary N) is 1. The molecule has 3 N–H and O–H groups in total. The fourth-order valence-corrected chi connectivity index (χ4v) is 2.93. The summed E-state index contributed by atoms with van der Waals surface area (Å²) in [6.45, 7) is 0.232. The van der Waals surface area contributed by atoms with E-state index in [2.05, 4.69) is 15.1 Å². The second kappa shape index (κ2) is 5.45. The summed E-state index contributed by atoms with van der Waals surface area (Å²) in [6.07, 6.45) is 5.15. The number of thioether (sulfide) groups is 1. The van der Waals surface area contributed by atoms with Gasteiger partial charge in [0, 0.05) is 11.8 Å². The molecule has 0 saturated heterocycles. The molecule has 21 heavy (non-hydrogen) atoms. The molecule has 1 amide bonds. The van der Waals surface area contributed by atoms with Crippen molar-refractivity contribution in [2.45, 2.75) is 24.5 Å². The Bertz CT molecular complexity index is 713. The number of aliphatic hydroxyl groups is 1. The van der Waals surface area contributed by atoms with Crippen LogP contribution in [-0.2, 0) is 19.4 Å². The van der Waals surface area contributed by atoms with E-state index in [-0.39, 0.29) is 12.3 Å². The molecule has 0 spiro atoms. The second-order valence-corrected chi connectivity index (χ2v) is 5.49. The van der Waals surface area contributed by atoms with Crippen LogP contribution in [0.2, 0.25) is 0 Å². The number of carbonyl (C=O) groups excluding carboxylic acids is 1. The van der Waals surface area contributed by atoms with Crippen molar-refractivity contribution < 1.29 is 9.90 Å². The van der Waals surface area contributed by atoms with Gasteiger partial charge in [0.1, 0.15) is 0 Å². The Labute approximate surface area is 125 Å². The highest BCUT2D eigenvalue weighted by molar-refractivity contribution is 7.98. The van der Waals surface area contributed by atoms with Gasteiger partial charge >= 0.3 is 0 Å². The molecule has 0 radical (unpaired) electrons. The summed E-state index contributed by atoms with van der Waals surface area (Å²) in [4.78, 5) is 20.4. The van der Waals surface area contributed by atoms with E-state index in [0.29, 0.717) is 18.1 Å². The summed E-state index contributed by atoms with van der Waals surface area (Å²) in [5.74, 6) is -0.550. The molecule has 0 aliphatic heterocycles. The van der Waals surface area contributed by atoms with Crippen LogP contribution in [0.4, 0.5) is 0 Å². The van der Waals surface area contributed by atoms with Crippen LogP contribution in [0.25, 0.3) is 11.4 Å². The van der Waals surface area contributed by atoms with E-state index in [9.17, 15) is 9.90 Å². The van der Waals surface area contributed by atoms with Crippen molar-refractivity contribution in [3.8, 4) is 11.4 Å². The van der Waals surface area contributed by atoms with Gasteiger partial charge in [0.25, 0.3) is 5.91 Å². The van der Waals surface area contributed by atoms with Crippen molar-refractivity contribution in [3.05, 3.63) is 23.0 Å². The Morgan fingerprint density at radius 2 is 2.33 bits per heavy atom. The number of carbonyl (C=O) groups is 1. The van der Waals surface area contributed by atoms with E-state index in [4.69, 9.17) is 5.73 Å². The lowest BCUT2D eigenvalue weighted by molar-refractivity contribution is 0.0993. The van der Waals surface area contributed by atoms with Crippen molar-refractivity contribution >= 4 is 17.7 Å². The summed E-state index contributed by atoms with van der Waals surface area (Å²) in [5, 5.41) is 14.1. The van der Waals surface area contributed by atoms with Crippen molar-refractivity contribution in [3.63, 3.8) is 0 Å². The number of amides is 1. The third-order valence-electron chi connectivity index (χ3n) is 3.49. The van der Waals surface area contributed by atoms with Gasteiger partial charge in [-0.1, -0.05) is 11.8 Å². The number of hydrogen-bond donors (Lipinski definition) is 2. The highest BCUT2D eigenvalue weighted by atomic mass is 32.2. The number of aromatic nitrogens is 4. The molecule has 0 atom stereocenters. The predicted octanol–water partition coefficient (Wildman–Crippen LogP) is 0.252. The highest BCUT2D eigenvalue weighted by Gasteiger charge is 2.28. The highest BCUT2D eigenvalue weighted by Crippen LogP contribution is 2.34. The first-order valence-corrected chi connectivity index (χ1v) is 7.78. The van der Waals surface area contributed by atoms with E-state index < -0.39 is 5.91 Å². The van der Waals surface area contributed by atoms with E-state index in [0.717, 1.165) is 28.9 Å². The third-order valence-corrected chi connectivity index (χ3v) is 4.05. The SMILES string of the molecule is CSc1ncc2c(n1)-c1c(c(C(N)=O)nn1CCO)CC2. The van der Waals surface area contributed by atoms with Crippen LogP contribution in [0.1, 0.15) is 21.6 Å². The molecule has 2 aromatic rings. The molecule has 0 bridgehead atoms. The third kappa shape index (κ3) is 2.30. The van der Waals surface area contributed by atoms with Crippen molar-refractivity contribution in [1.82, 2.24) is 19.7 Å². The zero-order valence-corrected chi connectivity index (χ0v) is 12.4. The number of aryl methyl sites for hydroxylation is 1. The maximum atomic E-state index is 11.6. The lowest BCUT2D eigenvalue weighted by Crippen LogP contribution is -2.15. The summed E-state index contributed by atoms with van der Waals surface area (Å²) in [5.41, 5.74) is 9.07. The van der Waals surface area contributed by atoms with Gasteiger partial charge in [0.05, 0.1) is 24.5 Å². The Hall–Kier alpha value is -1.93. The van der Waals surface area contributed by atoms with Gasteiger partial charge in [0.2, 0.25) is 0 Å². The normalized spacial score (nSPS) is 12.9. The maximum absolute atomic E-state index is 11.6. The molecule has 110 valence electrons. The van der Waals surface area contributed by atoms with Gasteiger partial charge < -0.3 is 10.8 Å². The van der Waals surface area contributed by atoms with Crippen molar-refractivity contribution in [1.29, 1.82) is 0 Å². The fraction of sp³-hybridized carbons (Fsp3) is 0.385. The summed E-state index contributed by atoms with van der Waals surface area (Å²) < 4.78 is 1.62. The second-order valence-electron chi connectivity index (χ2n) is 4.72. The minimum absolute atomic E-state index is 0.0673. The number of nitrogens with zero attached hydrogens (tertiary/aromatic N) is 4. The molecular formula is C13H15N5O2S. The fourth-order valence-electron chi connectivity index (χ4n) is 2.59. The van der Waals surface area contributed by atoms with Crippen LogP contribution in [0.5, 0.6) is 0 Å². The molecule has 1 aliphatic rings. The average molecular weight is 305 g/mol. The molecule has 0 aromatic carbocycles. The number of rotatable bonds is 4. The van der Waals surface area contributed by atoms with Crippen LogP contribution in [0.3, 0.4) is 0 Å². The molecule has 3 rings (SSSR count). The van der Waals surface area contributed by atoms with E-state index in [1.54, 1.807) is 4.68 Å². The Balaban J connectivity index is 2.24. The van der Waals surface area contributed by atoms with E-state index in [1.165, 1.54) is 11.8 Å². The number of hydrogen-bond acceptors (Lipinski definition) is 6. The Morgan fingerprint density at radius 1 is 1.52 bits per heavy atom. The number of fused-ring (bicyclic) bond motifs is 3. The van der Waals surface area contributed by atoms with Gasteiger partial charge in [-0.15, -0.1) is 0 Å². The lowest BCUT2D eigenvalue weighted by atomic mass is 9.93. The van der Waals surface area contributed by atoms with Crippen LogP contribution in [0, 0.1) is 0 Å². The van der Waals surface area contributed by atoms with Gasteiger partial charge in [-0.3, -0.25) is 9.48 Å². The monoisotopic (exact) mass is 305 g/mol. The van der Waals surface area contributed by atoms with Crippen LogP contribution >= 0.6 is 11.8 Å². The van der Waals surface area contributed by atoms with Crippen LogP contribution in [-0.4, -0.2) is 43.6 Å². The topological polar surface area (TPSA) is 107 Å². The Kier molecular flexibility index (Phi) is 3.64. The molecule has 8 heteroatoms. The van der Waals surface area contributed by atoms with Crippen LogP contribution in [0.15, 0.2) is 11.4 Å². The molecule has 0 saturated carbocycles. The summed E-state index contributed by atoms with van der Waals surface area (Å²) >= 11 is 1.46. The first-order chi connectivity index (χ1) is 10.2. The minimum atomic E-state index is -0.550. The standard InChI is InChI=1S/C13H15N5O2S/c1-21-13-15-6-7-2-3-8-10(12(14)20)17-18(4-5-19)11(8)9(7)16-13/h6,19H,2-5H2,1H3,(H2,14,20). The predicted molar refractivity (Wildman–Crippen MR) is 78.0 cm³/mol. The van der Waals surface area contributed by atoms with Gasteiger partial charge in [-0.2, -0.15) is 5.10 Å². The lowest BCUT2D eigenvalue weighted by Gasteiger charge is -2.17. The van der Waals surface area contributed by atoms with Crippen LogP contribution < -0.4 is 5.73 Å². The van der Waals surface area contributed by atoms with E-state index >= 15 is 0 Å². The van der Waals surface area contributed by atoms with Crippen molar-refractivity contribution in [2.24, 2.45) is 5.73 Å². The summed E-state index contributed by atoms with van der Waals surface area (Å²) in [7, 11) is 0. The first kappa shape index (κ1) is 14.0. The Morgan fingerprint density at radius 3 is 3.00 bits per heavy atom. The zero-order chi connectivity index (χ0) is 15.0. The first-order valence-electron chi connectivity index (χ1n) is 6.56. The summed E-state index contributed by atoms with van der Waals surface area (Å²) in [6, 6.07) is 0. The quantitative estimate of drug-likeness (QED) is 0.619. The molecule has 1 aliphatic carbocycles. The van der Waals surface area contributed by atoms with Crippen molar-refractivity contribution in [2.75, 3.05) is 12.9 Å². The molecule has 0 unspecified atom stereocenters. The molecular weight excluding hydrogens is 290 g/mol. The van der Waals surface area contributed by atoms with Gasteiger partial charge in [-0.25, -0.2) is 9.97 Å². The maximum Gasteiger partial charge on any atom is 0.269 e. The molecule has 2 heterocycles. The largest absolute Gasteiger partial charge is 0.394 e. The number of primary amides is 1. The minimum Gasteiger partial charge on any atom is -0.394 e. The molecule has 0 fully saturated rings. The zero-order valence-electron chi connectivity index (χ0n) is 11.5.